The largest absolute Gasteiger partial charge is 0.376 e. The van der Waals surface area contributed by atoms with E-state index in [1.807, 2.05) is 0 Å². The van der Waals surface area contributed by atoms with Gasteiger partial charge in [-0.3, -0.25) is 4.79 Å². The average Bonchev–Trinajstić information content (AvgIpc) is 2.63. The first-order valence-electron chi connectivity index (χ1n) is 9.12. The number of rotatable bonds is 7. The summed E-state index contributed by atoms with van der Waals surface area (Å²) >= 11 is 0. The molecule has 0 aromatic heterocycles. The summed E-state index contributed by atoms with van der Waals surface area (Å²) < 4.78 is 11.1. The van der Waals surface area contributed by atoms with E-state index < -0.39 is 0 Å². The minimum absolute atomic E-state index is 0.0453. The number of aryl methyl sites for hydroxylation is 1. The fraction of sp³-hybridized carbons (Fsp3) is 0.632. The molecule has 1 N–H and O–H groups in total. The quantitative estimate of drug-likeness (QED) is 0.831. The zero-order chi connectivity index (χ0) is 16.6. The number of para-hydroxylation sites is 1. The van der Waals surface area contributed by atoms with E-state index in [1.54, 1.807) is 0 Å². The minimum Gasteiger partial charge on any atom is -0.376 e. The number of hydrogen-bond donors (Lipinski definition) is 1. The normalized spacial score (nSPS) is 20.5. The van der Waals surface area contributed by atoms with Crippen LogP contribution in [0.15, 0.2) is 24.3 Å². The van der Waals surface area contributed by atoms with Gasteiger partial charge in [0.1, 0.15) is 6.61 Å². The van der Waals surface area contributed by atoms with Crippen molar-refractivity contribution in [3.63, 3.8) is 0 Å². The fourth-order valence-electron chi connectivity index (χ4n) is 3.45. The maximum absolute atomic E-state index is 11.9. The molecule has 0 unspecified atom stereocenters. The predicted octanol–water partition coefficient (Wildman–Crippen LogP) is 2.14. The number of fused-ring (bicyclic) bond motifs is 1. The molecule has 1 aromatic rings. The Labute approximate surface area is 144 Å². The summed E-state index contributed by atoms with van der Waals surface area (Å²) in [5.41, 5.74) is 2.72. The zero-order valence-electron chi connectivity index (χ0n) is 14.3. The highest BCUT2D eigenvalue weighted by Gasteiger charge is 2.16. The fourth-order valence-corrected chi connectivity index (χ4v) is 3.45. The highest BCUT2D eigenvalue weighted by Crippen LogP contribution is 2.25. The van der Waals surface area contributed by atoms with Crippen molar-refractivity contribution in [2.24, 2.45) is 0 Å². The molecule has 2 aliphatic heterocycles. The van der Waals surface area contributed by atoms with E-state index in [0.29, 0.717) is 13.2 Å². The monoisotopic (exact) mass is 332 g/mol. The Kier molecular flexibility index (Phi) is 6.49. The van der Waals surface area contributed by atoms with Gasteiger partial charge in [-0.05, 0) is 43.7 Å². The summed E-state index contributed by atoms with van der Waals surface area (Å²) in [6, 6.07) is 8.54. The standard InChI is InChI=1S/C19H28N2O3/c22-19(15-23-14-17-8-3-4-13-24-17)20-10-12-21-11-5-7-16-6-1-2-9-18(16)21/h1-2,6,9,17H,3-5,7-8,10-15H2,(H,20,22)/t17-/m1/s1. The van der Waals surface area contributed by atoms with Gasteiger partial charge in [0, 0.05) is 31.9 Å². The highest BCUT2D eigenvalue weighted by molar-refractivity contribution is 5.77. The Hall–Kier alpha value is -1.59. The van der Waals surface area contributed by atoms with Gasteiger partial charge >= 0.3 is 0 Å². The molecule has 2 aliphatic rings. The molecule has 1 amide bonds. The number of hydrogen-bond acceptors (Lipinski definition) is 4. The Morgan fingerprint density at radius 2 is 2.21 bits per heavy atom. The summed E-state index contributed by atoms with van der Waals surface area (Å²) in [4.78, 5) is 14.2. The van der Waals surface area contributed by atoms with Crippen LogP contribution >= 0.6 is 0 Å². The number of carbonyl (C=O) groups is 1. The molecule has 2 heterocycles. The summed E-state index contributed by atoms with van der Waals surface area (Å²) in [5, 5.41) is 2.95. The Bertz CT molecular complexity index is 529. The Morgan fingerprint density at radius 1 is 1.29 bits per heavy atom. The summed E-state index contributed by atoms with van der Waals surface area (Å²) in [6.07, 6.45) is 5.85. The van der Waals surface area contributed by atoms with Crippen LogP contribution in [0, 0.1) is 0 Å². The van der Waals surface area contributed by atoms with E-state index >= 15 is 0 Å². The lowest BCUT2D eigenvalue weighted by molar-refractivity contribution is -0.127. The maximum Gasteiger partial charge on any atom is 0.246 e. The molecular formula is C19H28N2O3. The molecule has 0 radical (unpaired) electrons. The van der Waals surface area contributed by atoms with Crippen molar-refractivity contribution >= 4 is 11.6 Å². The van der Waals surface area contributed by atoms with Crippen LogP contribution in [0.4, 0.5) is 5.69 Å². The third kappa shape index (κ3) is 4.95. The van der Waals surface area contributed by atoms with Gasteiger partial charge < -0.3 is 19.7 Å². The van der Waals surface area contributed by atoms with Gasteiger partial charge in [0.25, 0.3) is 0 Å². The SMILES string of the molecule is O=C(COC[C@H]1CCCCO1)NCCN1CCCc2ccccc21. The van der Waals surface area contributed by atoms with Crippen LogP contribution in [-0.2, 0) is 20.7 Å². The molecule has 3 rings (SSSR count). The van der Waals surface area contributed by atoms with E-state index in [2.05, 4.69) is 34.5 Å². The highest BCUT2D eigenvalue weighted by atomic mass is 16.5. The molecule has 5 nitrogen and oxygen atoms in total. The van der Waals surface area contributed by atoms with Crippen LogP contribution in [0.1, 0.15) is 31.2 Å². The molecule has 1 fully saturated rings. The number of carbonyl (C=O) groups excluding carboxylic acids is 1. The summed E-state index contributed by atoms with van der Waals surface area (Å²) in [6.45, 7) is 4.01. The number of nitrogens with zero attached hydrogens (tertiary/aromatic N) is 1. The van der Waals surface area contributed by atoms with Crippen molar-refractivity contribution in [2.75, 3.05) is 44.4 Å². The number of benzene rings is 1. The van der Waals surface area contributed by atoms with E-state index in [0.717, 1.165) is 39.0 Å². The molecule has 5 heteroatoms. The molecule has 24 heavy (non-hydrogen) atoms. The molecule has 0 aliphatic carbocycles. The van der Waals surface area contributed by atoms with Crippen LogP contribution in [0.2, 0.25) is 0 Å². The van der Waals surface area contributed by atoms with Crippen LogP contribution in [0.3, 0.4) is 0 Å². The lowest BCUT2D eigenvalue weighted by atomic mass is 10.0. The molecule has 0 saturated carbocycles. The molecule has 1 saturated heterocycles. The smallest absolute Gasteiger partial charge is 0.246 e. The first-order valence-corrected chi connectivity index (χ1v) is 9.12. The van der Waals surface area contributed by atoms with Crippen molar-refractivity contribution in [3.05, 3.63) is 29.8 Å². The van der Waals surface area contributed by atoms with Gasteiger partial charge in [-0.2, -0.15) is 0 Å². The minimum atomic E-state index is -0.0453. The van der Waals surface area contributed by atoms with Crippen molar-refractivity contribution < 1.29 is 14.3 Å². The Balaban J connectivity index is 1.32. The number of amides is 1. The van der Waals surface area contributed by atoms with E-state index in [9.17, 15) is 4.79 Å². The number of anilines is 1. The lowest BCUT2D eigenvalue weighted by Crippen LogP contribution is -2.39. The van der Waals surface area contributed by atoms with Gasteiger partial charge in [0.15, 0.2) is 0 Å². The topological polar surface area (TPSA) is 50.8 Å². The van der Waals surface area contributed by atoms with Gasteiger partial charge in [-0.15, -0.1) is 0 Å². The van der Waals surface area contributed by atoms with Gasteiger partial charge in [-0.1, -0.05) is 18.2 Å². The lowest BCUT2D eigenvalue weighted by Gasteiger charge is -2.31. The Morgan fingerprint density at radius 3 is 3.08 bits per heavy atom. The third-order valence-corrected chi connectivity index (χ3v) is 4.72. The maximum atomic E-state index is 11.9. The molecule has 0 spiro atoms. The van der Waals surface area contributed by atoms with Gasteiger partial charge in [-0.25, -0.2) is 0 Å². The van der Waals surface area contributed by atoms with Crippen LogP contribution < -0.4 is 10.2 Å². The van der Waals surface area contributed by atoms with Crippen LogP contribution in [0.5, 0.6) is 0 Å². The predicted molar refractivity (Wildman–Crippen MR) is 94.4 cm³/mol. The summed E-state index contributed by atoms with van der Waals surface area (Å²) in [5.74, 6) is -0.0453. The van der Waals surface area contributed by atoms with Crippen molar-refractivity contribution in [1.82, 2.24) is 5.32 Å². The van der Waals surface area contributed by atoms with Gasteiger partial charge in [0.05, 0.1) is 12.7 Å². The molecule has 132 valence electrons. The van der Waals surface area contributed by atoms with E-state index in [1.165, 1.54) is 24.1 Å². The van der Waals surface area contributed by atoms with Crippen molar-refractivity contribution in [1.29, 1.82) is 0 Å². The molecule has 1 atom stereocenters. The van der Waals surface area contributed by atoms with Crippen LogP contribution in [-0.4, -0.2) is 51.5 Å². The molecule has 0 bridgehead atoms. The third-order valence-electron chi connectivity index (χ3n) is 4.72. The van der Waals surface area contributed by atoms with Crippen molar-refractivity contribution in [3.8, 4) is 0 Å². The number of nitrogens with one attached hydrogen (secondary N) is 1. The second-order valence-electron chi connectivity index (χ2n) is 6.57. The second kappa shape index (κ2) is 9.04. The molecule has 1 aromatic carbocycles. The summed E-state index contributed by atoms with van der Waals surface area (Å²) in [7, 11) is 0. The zero-order valence-corrected chi connectivity index (χ0v) is 14.3. The first kappa shape index (κ1) is 17.2. The van der Waals surface area contributed by atoms with Gasteiger partial charge in [0.2, 0.25) is 5.91 Å². The average molecular weight is 332 g/mol. The van der Waals surface area contributed by atoms with E-state index in [-0.39, 0.29) is 18.6 Å². The van der Waals surface area contributed by atoms with Crippen molar-refractivity contribution in [2.45, 2.75) is 38.2 Å². The van der Waals surface area contributed by atoms with Crippen LogP contribution in [0.25, 0.3) is 0 Å². The first-order chi connectivity index (χ1) is 11.8. The van der Waals surface area contributed by atoms with E-state index in [4.69, 9.17) is 9.47 Å². The number of ether oxygens (including phenoxy) is 2. The molecular weight excluding hydrogens is 304 g/mol. The second-order valence-corrected chi connectivity index (χ2v) is 6.57.